The van der Waals surface area contributed by atoms with E-state index in [0.717, 1.165) is 54.8 Å². The lowest BCUT2D eigenvalue weighted by molar-refractivity contribution is -0.392. The van der Waals surface area contributed by atoms with Gasteiger partial charge in [0.05, 0.1) is 59.3 Å². The fraction of sp³-hybridized carbons (Fsp3) is 0.529. The normalized spacial score (nSPS) is 13.1. The minimum Gasteiger partial charge on any atom is -0.778 e. The average Bonchev–Trinajstić information content (AvgIpc) is 3.46. The molecule has 3 aromatic rings. The third kappa shape index (κ3) is 18.5. The third-order valence-corrected chi connectivity index (χ3v) is 10.7. The van der Waals surface area contributed by atoms with Crippen LogP contribution in [0.2, 0.25) is 5.02 Å². The van der Waals surface area contributed by atoms with Crippen LogP contribution in [0.1, 0.15) is 50.7 Å². The highest BCUT2D eigenvalue weighted by molar-refractivity contribution is 8.00. The van der Waals surface area contributed by atoms with Gasteiger partial charge in [-0.3, -0.25) is 44.6 Å². The SMILES string of the molecule is CCC(CC)Nc1c([N+](=O)[O-])cc(C)c(C)c1[N+](=O)[O-].COC(=O)CSc1cc(/N=c2\sc(=O)n3n2CCCC3)c(F)cc1Cl.C[S+](C)C.O=C(O)CNCP(=O)([O-])O. The maximum absolute atomic E-state index is 14.3. The quantitative estimate of drug-likeness (QED) is 0.0405. The van der Waals surface area contributed by atoms with E-state index in [1.165, 1.54) is 19.2 Å². The highest BCUT2D eigenvalue weighted by atomic mass is 35.5. The smallest absolute Gasteiger partial charge is 0.325 e. The number of nitro groups is 2. The predicted molar refractivity (Wildman–Crippen MR) is 228 cm³/mol. The summed E-state index contributed by atoms with van der Waals surface area (Å²) >= 11 is 8.17. The molecule has 0 radical (unpaired) electrons. The molecule has 59 heavy (non-hydrogen) atoms. The van der Waals surface area contributed by atoms with Gasteiger partial charge in [0.15, 0.2) is 5.69 Å². The molecule has 330 valence electrons. The van der Waals surface area contributed by atoms with Gasteiger partial charge in [-0.1, -0.05) is 25.4 Å². The van der Waals surface area contributed by atoms with Crippen molar-refractivity contribution < 1.29 is 48.0 Å². The molecular formula is C34H50ClFN7O12PS3. The number of rotatable bonds is 14. The van der Waals surface area contributed by atoms with Gasteiger partial charge in [0.25, 0.3) is 5.69 Å². The summed E-state index contributed by atoms with van der Waals surface area (Å²) in [6.45, 7) is 7.95. The van der Waals surface area contributed by atoms with Crippen molar-refractivity contribution >= 4 is 87.9 Å². The fourth-order valence-electron chi connectivity index (χ4n) is 4.83. The van der Waals surface area contributed by atoms with Crippen molar-refractivity contribution in [3.8, 4) is 0 Å². The Hall–Kier alpha value is -3.83. The highest BCUT2D eigenvalue weighted by Gasteiger charge is 2.30. The topological polar surface area (TPSA) is 274 Å². The molecule has 0 fully saturated rings. The number of methoxy groups -OCH3 is 1. The summed E-state index contributed by atoms with van der Waals surface area (Å²) in [5.41, 5.74) is 0.638. The van der Waals surface area contributed by atoms with E-state index >= 15 is 0 Å². The first-order valence-electron chi connectivity index (χ1n) is 17.7. The number of carboxylic acids is 1. The largest absolute Gasteiger partial charge is 0.778 e. The number of aromatic nitrogens is 2. The molecule has 0 amide bonds. The van der Waals surface area contributed by atoms with Crippen LogP contribution >= 0.6 is 42.3 Å². The van der Waals surface area contributed by atoms with Gasteiger partial charge in [0.1, 0.15) is 19.1 Å². The number of nitro benzene ring substituents is 2. The van der Waals surface area contributed by atoms with Crippen molar-refractivity contribution in [1.82, 2.24) is 14.7 Å². The number of esters is 1. The summed E-state index contributed by atoms with van der Waals surface area (Å²) in [7, 11) is -2.41. The number of aryl methyl sites for hydroxylation is 1. The van der Waals surface area contributed by atoms with E-state index in [1.54, 1.807) is 23.2 Å². The number of aliphatic carboxylic acids is 1. The zero-order chi connectivity index (χ0) is 45.2. The summed E-state index contributed by atoms with van der Waals surface area (Å²) in [4.78, 5) is 77.6. The molecule has 1 aliphatic heterocycles. The number of hydrogen-bond donors (Lipinski definition) is 4. The number of fused-ring (bicyclic) bond motifs is 1. The monoisotopic (exact) mass is 929 g/mol. The molecule has 1 unspecified atom stereocenters. The van der Waals surface area contributed by atoms with Crippen LogP contribution in [0.25, 0.3) is 0 Å². The number of nitrogens with zero attached hydrogens (tertiary/aromatic N) is 5. The van der Waals surface area contributed by atoms with Crippen LogP contribution in [0.15, 0.2) is 32.9 Å². The van der Waals surface area contributed by atoms with Crippen molar-refractivity contribution in [3.05, 3.63) is 74.9 Å². The van der Waals surface area contributed by atoms with Crippen molar-refractivity contribution in [2.75, 3.05) is 49.8 Å². The van der Waals surface area contributed by atoms with Crippen molar-refractivity contribution in [3.63, 3.8) is 0 Å². The number of ether oxygens (including phenoxy) is 1. The Kier molecular flexibility index (Phi) is 23.2. The first kappa shape index (κ1) is 53.2. The summed E-state index contributed by atoms with van der Waals surface area (Å²) in [6, 6.07) is 3.99. The van der Waals surface area contributed by atoms with Gasteiger partial charge in [0.2, 0.25) is 4.80 Å². The minimum atomic E-state index is -4.35. The Morgan fingerprint density at radius 1 is 1.12 bits per heavy atom. The molecule has 2 aromatic carbocycles. The highest BCUT2D eigenvalue weighted by Crippen LogP contribution is 2.40. The summed E-state index contributed by atoms with van der Waals surface area (Å²) in [5.74, 6) is -2.10. The van der Waals surface area contributed by atoms with Crippen LogP contribution < -0.4 is 25.2 Å². The summed E-state index contributed by atoms with van der Waals surface area (Å²) < 4.78 is 32.2. The Bertz CT molecular complexity index is 2100. The Morgan fingerprint density at radius 3 is 2.19 bits per heavy atom. The molecule has 4 N–H and O–H groups in total. The van der Waals surface area contributed by atoms with E-state index in [9.17, 15) is 48.5 Å². The van der Waals surface area contributed by atoms with Crippen LogP contribution in [0.4, 0.5) is 27.1 Å². The van der Waals surface area contributed by atoms with E-state index in [0.29, 0.717) is 44.8 Å². The molecule has 0 saturated heterocycles. The lowest BCUT2D eigenvalue weighted by atomic mass is 10.0. The molecule has 25 heteroatoms. The third-order valence-electron chi connectivity index (χ3n) is 7.78. The number of hydrogen-bond acceptors (Lipinski definition) is 15. The molecule has 4 rings (SSSR count). The average molecular weight is 930 g/mol. The second-order valence-electron chi connectivity index (χ2n) is 12.9. The van der Waals surface area contributed by atoms with Gasteiger partial charge < -0.3 is 29.5 Å². The van der Waals surface area contributed by atoms with E-state index < -0.39 is 48.0 Å². The zero-order valence-electron chi connectivity index (χ0n) is 33.8. The van der Waals surface area contributed by atoms with Gasteiger partial charge in [0, 0.05) is 35.7 Å². The van der Waals surface area contributed by atoms with Gasteiger partial charge in [-0.2, -0.15) is 0 Å². The lowest BCUT2D eigenvalue weighted by Crippen LogP contribution is -2.31. The van der Waals surface area contributed by atoms with Crippen LogP contribution in [0.5, 0.6) is 0 Å². The maximum atomic E-state index is 14.3. The Morgan fingerprint density at radius 2 is 1.69 bits per heavy atom. The predicted octanol–water partition coefficient (Wildman–Crippen LogP) is 5.17. The minimum absolute atomic E-state index is 0.0109. The summed E-state index contributed by atoms with van der Waals surface area (Å²) in [6.07, 6.45) is 9.24. The fourth-order valence-corrected chi connectivity index (χ4v) is 7.21. The van der Waals surface area contributed by atoms with Gasteiger partial charge in [-0.05, 0) is 79.5 Å². The lowest BCUT2D eigenvalue weighted by Gasteiger charge is -2.17. The van der Waals surface area contributed by atoms with Crippen LogP contribution in [-0.2, 0) is 42.9 Å². The Labute approximate surface area is 356 Å². The number of anilines is 1. The molecular weight excluding hydrogens is 880 g/mol. The van der Waals surface area contributed by atoms with Crippen LogP contribution in [-0.4, -0.2) is 91.7 Å². The Balaban J connectivity index is 0.000000456. The summed E-state index contributed by atoms with van der Waals surface area (Å²) in [5, 5.41) is 35.6. The molecule has 0 aliphatic carbocycles. The molecule has 1 atom stereocenters. The molecule has 0 spiro atoms. The van der Waals surface area contributed by atoms with E-state index in [4.69, 9.17) is 21.6 Å². The van der Waals surface area contributed by atoms with Gasteiger partial charge >= 0.3 is 22.5 Å². The zero-order valence-corrected chi connectivity index (χ0v) is 37.9. The molecule has 1 aliphatic rings. The number of halogens is 2. The van der Waals surface area contributed by atoms with Crippen LogP contribution in [0.3, 0.4) is 0 Å². The van der Waals surface area contributed by atoms with E-state index in [-0.39, 0.29) is 44.4 Å². The van der Waals surface area contributed by atoms with Crippen molar-refractivity contribution in [2.24, 2.45) is 4.99 Å². The van der Waals surface area contributed by atoms with Crippen molar-refractivity contribution in [2.45, 2.75) is 77.4 Å². The van der Waals surface area contributed by atoms with Crippen molar-refractivity contribution in [1.29, 1.82) is 0 Å². The van der Waals surface area contributed by atoms with Crippen LogP contribution in [0, 0.1) is 39.9 Å². The number of carboxylic acid groups (broad SMARTS) is 1. The number of nitrogens with one attached hydrogen (secondary N) is 2. The second-order valence-corrected chi connectivity index (χ2v) is 19.3. The van der Waals surface area contributed by atoms with E-state index in [2.05, 4.69) is 33.8 Å². The second kappa shape index (κ2) is 25.7. The molecule has 0 bridgehead atoms. The maximum Gasteiger partial charge on any atom is 0.325 e. The first-order valence-corrected chi connectivity index (χ1v) is 24.0. The number of thioether (sulfide) groups is 1. The number of carbonyl (C=O) groups is 2. The van der Waals surface area contributed by atoms with Gasteiger partial charge in [-0.15, -0.1) is 11.8 Å². The number of carbonyl (C=O) groups excluding carboxylic acids is 1. The van der Waals surface area contributed by atoms with E-state index in [1.807, 2.05) is 19.2 Å². The standard InChI is InChI=1S/C15H15ClFN3O3S2.C13H19N3O4.C3H8NO5P.C3H9S/c1-23-13(21)8-24-12-7-11(10(17)6-9(12)16)18-14-19-4-2-3-5-20(19)15(22)25-14;1-5-10(6-2)14-12-11(15(17)18)7-8(3)9(4)13(12)16(19)20;5-3(6)1-4-2-10(7,8)9;1-4(2)3/h6-7H,2-5,8H2,1H3;7,10,14H,5-6H2,1-4H3;4H,1-2H2,(H,5,6)(H2,7,8,9);1-3H3/q;;;+1/p-1/b18-14-;;;. The molecule has 1 aromatic heterocycles. The molecule has 19 nitrogen and oxygen atoms in total. The molecule has 2 heterocycles. The molecule has 0 saturated carbocycles. The number of benzene rings is 2. The first-order chi connectivity index (χ1) is 27.5. The van der Waals surface area contributed by atoms with Gasteiger partial charge in [-0.25, -0.2) is 14.1 Å².